The quantitative estimate of drug-likeness (QED) is 0.732. The molecule has 0 radical (unpaired) electrons. The van der Waals surface area contributed by atoms with Gasteiger partial charge in [0.25, 0.3) is 0 Å². The van der Waals surface area contributed by atoms with E-state index in [9.17, 15) is 4.79 Å². The number of aliphatic carboxylic acids is 1. The largest absolute Gasteiger partial charge is 0.480 e. The van der Waals surface area contributed by atoms with Crippen LogP contribution in [-0.4, -0.2) is 20.5 Å². The van der Waals surface area contributed by atoms with Crippen molar-refractivity contribution in [2.45, 2.75) is 13.0 Å². The standard InChI is InChI=1S/C14H13N3O2/c1-8-2-3-10-9(6-8)4-5-17-11(10)7-16-13(17)12(15)14(18)19/h2-7,12H,15H2,1H3,(H,18,19). The Morgan fingerprint density at radius 3 is 2.95 bits per heavy atom. The lowest BCUT2D eigenvalue weighted by atomic mass is 10.1. The molecular weight excluding hydrogens is 242 g/mol. The molecule has 0 saturated heterocycles. The van der Waals surface area contributed by atoms with E-state index >= 15 is 0 Å². The molecule has 19 heavy (non-hydrogen) atoms. The van der Waals surface area contributed by atoms with Gasteiger partial charge in [0.1, 0.15) is 5.82 Å². The number of carboxylic acid groups (broad SMARTS) is 1. The number of benzene rings is 1. The van der Waals surface area contributed by atoms with E-state index in [2.05, 4.69) is 11.1 Å². The third-order valence-electron chi connectivity index (χ3n) is 3.26. The summed E-state index contributed by atoms with van der Waals surface area (Å²) in [6, 6.07) is 6.93. The molecule has 1 aromatic carbocycles. The number of nitrogens with zero attached hydrogens (tertiary/aromatic N) is 2. The molecule has 2 aromatic heterocycles. The number of carboxylic acids is 1. The van der Waals surface area contributed by atoms with Gasteiger partial charge < -0.3 is 15.2 Å². The van der Waals surface area contributed by atoms with Crippen molar-refractivity contribution in [2.75, 3.05) is 0 Å². The van der Waals surface area contributed by atoms with Gasteiger partial charge in [-0.3, -0.25) is 4.79 Å². The van der Waals surface area contributed by atoms with Crippen LogP contribution in [0.15, 0.2) is 36.7 Å². The topological polar surface area (TPSA) is 80.6 Å². The fraction of sp³-hybridized carbons (Fsp3) is 0.143. The molecule has 0 aliphatic rings. The molecule has 5 heteroatoms. The first-order chi connectivity index (χ1) is 9.08. The Morgan fingerprint density at radius 1 is 1.42 bits per heavy atom. The SMILES string of the molecule is Cc1ccc2c(ccn3c(C(N)C(=O)O)ncc23)c1. The van der Waals surface area contributed by atoms with E-state index in [1.165, 1.54) is 5.56 Å². The lowest BCUT2D eigenvalue weighted by molar-refractivity contribution is -0.138. The third kappa shape index (κ3) is 1.75. The summed E-state index contributed by atoms with van der Waals surface area (Å²) >= 11 is 0. The molecule has 0 amide bonds. The molecule has 2 heterocycles. The highest BCUT2D eigenvalue weighted by atomic mass is 16.4. The summed E-state index contributed by atoms with van der Waals surface area (Å²) in [5.74, 6) is -0.749. The molecule has 1 atom stereocenters. The smallest absolute Gasteiger partial charge is 0.328 e. The van der Waals surface area contributed by atoms with Crippen molar-refractivity contribution in [3.8, 4) is 0 Å². The number of rotatable bonds is 2. The Bertz CT molecular complexity index is 792. The number of carbonyl (C=O) groups is 1. The Hall–Kier alpha value is -2.40. The fourth-order valence-corrected chi connectivity index (χ4v) is 2.28. The monoisotopic (exact) mass is 255 g/mol. The van der Waals surface area contributed by atoms with Crippen LogP contribution in [0.5, 0.6) is 0 Å². The maximum atomic E-state index is 11.0. The first-order valence-corrected chi connectivity index (χ1v) is 5.92. The summed E-state index contributed by atoms with van der Waals surface area (Å²) in [6.45, 7) is 2.03. The van der Waals surface area contributed by atoms with Crippen LogP contribution in [0, 0.1) is 6.92 Å². The Kier molecular flexibility index (Phi) is 2.50. The van der Waals surface area contributed by atoms with E-state index < -0.39 is 12.0 Å². The lowest BCUT2D eigenvalue weighted by Gasteiger charge is -2.07. The summed E-state index contributed by atoms with van der Waals surface area (Å²) < 4.78 is 1.73. The molecule has 0 aliphatic heterocycles. The van der Waals surface area contributed by atoms with Crippen molar-refractivity contribution < 1.29 is 9.90 Å². The molecule has 1 unspecified atom stereocenters. The summed E-state index contributed by atoms with van der Waals surface area (Å²) in [5, 5.41) is 11.1. The predicted molar refractivity (Wildman–Crippen MR) is 72.0 cm³/mol. The molecule has 0 spiro atoms. The minimum atomic E-state index is -1.12. The van der Waals surface area contributed by atoms with Crippen LogP contribution in [-0.2, 0) is 4.79 Å². The summed E-state index contributed by atoms with van der Waals surface area (Å²) in [5.41, 5.74) is 7.68. The maximum absolute atomic E-state index is 11.0. The van der Waals surface area contributed by atoms with Gasteiger partial charge in [0.2, 0.25) is 0 Å². The first-order valence-electron chi connectivity index (χ1n) is 5.92. The molecule has 0 aliphatic carbocycles. The van der Waals surface area contributed by atoms with Gasteiger partial charge >= 0.3 is 5.97 Å². The van der Waals surface area contributed by atoms with Gasteiger partial charge in [-0.1, -0.05) is 23.8 Å². The second kappa shape index (κ2) is 4.07. The number of pyridine rings is 1. The third-order valence-corrected chi connectivity index (χ3v) is 3.26. The fourth-order valence-electron chi connectivity index (χ4n) is 2.28. The molecule has 3 aromatic rings. The molecule has 3 N–H and O–H groups in total. The Morgan fingerprint density at radius 2 is 2.21 bits per heavy atom. The van der Waals surface area contributed by atoms with E-state index in [-0.39, 0.29) is 0 Å². The van der Waals surface area contributed by atoms with Crippen LogP contribution < -0.4 is 5.73 Å². The van der Waals surface area contributed by atoms with Crippen molar-refractivity contribution in [3.05, 3.63) is 48.0 Å². The molecule has 0 saturated carbocycles. The highest BCUT2D eigenvalue weighted by Crippen LogP contribution is 2.23. The van der Waals surface area contributed by atoms with Gasteiger partial charge in [0.15, 0.2) is 6.04 Å². The van der Waals surface area contributed by atoms with E-state index in [0.717, 1.165) is 16.3 Å². The van der Waals surface area contributed by atoms with Crippen LogP contribution in [0.3, 0.4) is 0 Å². The zero-order valence-corrected chi connectivity index (χ0v) is 10.4. The van der Waals surface area contributed by atoms with Gasteiger partial charge in [0.05, 0.1) is 11.7 Å². The summed E-state index contributed by atoms with van der Waals surface area (Å²) in [4.78, 5) is 15.1. The maximum Gasteiger partial charge on any atom is 0.328 e. The predicted octanol–water partition coefficient (Wildman–Crippen LogP) is 1.88. The molecule has 0 bridgehead atoms. The van der Waals surface area contributed by atoms with Crippen molar-refractivity contribution in [3.63, 3.8) is 0 Å². The van der Waals surface area contributed by atoms with E-state index in [0.29, 0.717) is 5.82 Å². The van der Waals surface area contributed by atoms with Crippen molar-refractivity contribution >= 4 is 22.3 Å². The van der Waals surface area contributed by atoms with Crippen molar-refractivity contribution in [1.82, 2.24) is 9.38 Å². The molecule has 5 nitrogen and oxygen atoms in total. The number of nitrogens with two attached hydrogens (primary N) is 1. The van der Waals surface area contributed by atoms with E-state index in [4.69, 9.17) is 10.8 Å². The normalized spacial score (nSPS) is 12.9. The molecule has 96 valence electrons. The molecule has 0 fully saturated rings. The number of aryl methyl sites for hydroxylation is 1. The average Bonchev–Trinajstić information content (AvgIpc) is 2.81. The minimum Gasteiger partial charge on any atom is -0.480 e. The number of imidazole rings is 1. The zero-order valence-electron chi connectivity index (χ0n) is 10.4. The number of aromatic nitrogens is 2. The van der Waals surface area contributed by atoms with E-state index in [1.807, 2.05) is 31.3 Å². The van der Waals surface area contributed by atoms with Gasteiger partial charge in [-0.15, -0.1) is 0 Å². The van der Waals surface area contributed by atoms with Crippen LogP contribution in [0.1, 0.15) is 17.4 Å². The molecular formula is C14H13N3O2. The van der Waals surface area contributed by atoms with Gasteiger partial charge in [-0.25, -0.2) is 4.98 Å². The second-order valence-corrected chi connectivity index (χ2v) is 4.59. The van der Waals surface area contributed by atoms with Crippen molar-refractivity contribution in [1.29, 1.82) is 0 Å². The highest BCUT2D eigenvalue weighted by Gasteiger charge is 2.20. The van der Waals surface area contributed by atoms with Crippen LogP contribution in [0.2, 0.25) is 0 Å². The van der Waals surface area contributed by atoms with Crippen molar-refractivity contribution in [2.24, 2.45) is 5.73 Å². The van der Waals surface area contributed by atoms with Crippen LogP contribution in [0.25, 0.3) is 16.3 Å². The van der Waals surface area contributed by atoms with E-state index in [1.54, 1.807) is 10.6 Å². The Balaban J connectivity index is 2.31. The van der Waals surface area contributed by atoms with Gasteiger partial charge in [0, 0.05) is 11.6 Å². The number of fused-ring (bicyclic) bond motifs is 3. The zero-order chi connectivity index (χ0) is 13.6. The summed E-state index contributed by atoms with van der Waals surface area (Å²) in [6.07, 6.45) is 3.47. The number of hydrogen-bond acceptors (Lipinski definition) is 3. The Labute approximate surface area is 109 Å². The first kappa shape index (κ1) is 11.7. The average molecular weight is 255 g/mol. The van der Waals surface area contributed by atoms with Gasteiger partial charge in [-0.2, -0.15) is 0 Å². The summed E-state index contributed by atoms with van der Waals surface area (Å²) in [7, 11) is 0. The van der Waals surface area contributed by atoms with Crippen LogP contribution in [0.4, 0.5) is 0 Å². The van der Waals surface area contributed by atoms with Gasteiger partial charge in [-0.05, 0) is 18.4 Å². The minimum absolute atomic E-state index is 0.338. The number of hydrogen-bond donors (Lipinski definition) is 2. The van der Waals surface area contributed by atoms with Crippen LogP contribution >= 0.6 is 0 Å². The highest BCUT2D eigenvalue weighted by molar-refractivity contribution is 5.96. The second-order valence-electron chi connectivity index (χ2n) is 4.59. The molecule has 3 rings (SSSR count). The lowest BCUT2D eigenvalue weighted by Crippen LogP contribution is -2.23.